The molecule has 4 heterocycles. The average molecular weight is 476 g/mol. The molecule has 176 valence electrons. The van der Waals surface area contributed by atoms with Gasteiger partial charge in [-0.3, -0.25) is 9.78 Å². The molecule has 33 heavy (non-hydrogen) atoms. The van der Waals surface area contributed by atoms with Gasteiger partial charge in [-0.15, -0.1) is 12.4 Å². The number of esters is 1. The van der Waals surface area contributed by atoms with Crippen LogP contribution in [0, 0.1) is 6.92 Å². The fraction of sp³-hybridized carbons (Fsp3) is 0.458. The number of likely N-dealkylation sites (tertiary alicyclic amines) is 1. The van der Waals surface area contributed by atoms with Crippen LogP contribution in [0.5, 0.6) is 0 Å². The number of carbonyl (C=O) groups is 2. The lowest BCUT2D eigenvalue weighted by Gasteiger charge is -2.38. The number of pyridine rings is 1. The Morgan fingerprint density at radius 1 is 1.27 bits per heavy atom. The highest BCUT2D eigenvalue weighted by atomic mass is 35.5. The average Bonchev–Trinajstić information content (AvgIpc) is 3.39. The molecule has 0 saturated carbocycles. The fourth-order valence-electron chi connectivity index (χ4n) is 5.06. The molecular weight excluding hydrogens is 449 g/mol. The molecule has 7 nitrogen and oxygen atoms in total. The largest absolute Gasteiger partial charge is 0.457 e. The summed E-state index contributed by atoms with van der Waals surface area (Å²) in [6.45, 7) is 3.72. The molecule has 9 heteroatoms. The molecule has 1 aromatic carbocycles. The Labute approximate surface area is 198 Å². The third-order valence-electron chi connectivity index (χ3n) is 7.05. The van der Waals surface area contributed by atoms with E-state index in [1.807, 2.05) is 11.8 Å². The summed E-state index contributed by atoms with van der Waals surface area (Å²) in [4.78, 5) is 32.4. The van der Waals surface area contributed by atoms with Gasteiger partial charge >= 0.3 is 5.97 Å². The SMILES string of the molecule is Cc1c([C@@H](O)CN2CCC(F)(C(=O)N3CCc4cnccc43)CC2)ccc2c1COC2=O.Cl. The molecule has 0 radical (unpaired) electrons. The van der Waals surface area contributed by atoms with E-state index in [-0.39, 0.29) is 37.8 Å². The van der Waals surface area contributed by atoms with Gasteiger partial charge in [0.05, 0.1) is 17.4 Å². The zero-order valence-corrected chi connectivity index (χ0v) is 19.2. The topological polar surface area (TPSA) is 83.0 Å². The maximum Gasteiger partial charge on any atom is 0.338 e. The number of benzene rings is 1. The Morgan fingerprint density at radius 3 is 2.79 bits per heavy atom. The van der Waals surface area contributed by atoms with Crippen LogP contribution < -0.4 is 4.90 Å². The van der Waals surface area contributed by atoms with Crippen LogP contribution in [0.15, 0.2) is 30.6 Å². The van der Waals surface area contributed by atoms with Crippen LogP contribution in [0.3, 0.4) is 0 Å². The second-order valence-electron chi connectivity index (χ2n) is 8.87. The molecule has 1 N–H and O–H groups in total. The van der Waals surface area contributed by atoms with E-state index in [9.17, 15) is 14.7 Å². The fourth-order valence-corrected chi connectivity index (χ4v) is 5.06. The number of ether oxygens (including phenoxy) is 1. The number of β-amino-alcohol motifs (C(OH)–C–C–N with tert-alkyl or cyclic N) is 1. The summed E-state index contributed by atoms with van der Waals surface area (Å²) in [6.07, 6.45) is 3.49. The molecule has 0 unspecified atom stereocenters. The number of nitrogens with zero attached hydrogens (tertiary/aromatic N) is 3. The maximum absolute atomic E-state index is 15.7. The number of fused-ring (bicyclic) bond motifs is 2. The third kappa shape index (κ3) is 4.11. The van der Waals surface area contributed by atoms with Crippen molar-refractivity contribution in [3.8, 4) is 0 Å². The summed E-state index contributed by atoms with van der Waals surface area (Å²) < 4.78 is 20.7. The Morgan fingerprint density at radius 2 is 2.03 bits per heavy atom. The van der Waals surface area contributed by atoms with E-state index in [0.717, 1.165) is 27.9 Å². The predicted molar refractivity (Wildman–Crippen MR) is 122 cm³/mol. The minimum atomic E-state index is -1.90. The molecule has 3 aliphatic rings. The summed E-state index contributed by atoms with van der Waals surface area (Å²) in [5.74, 6) is -0.803. The number of hydrogen-bond acceptors (Lipinski definition) is 6. The van der Waals surface area contributed by atoms with Crippen LogP contribution in [0.1, 0.15) is 51.6 Å². The van der Waals surface area contributed by atoms with E-state index in [0.29, 0.717) is 38.2 Å². The Hall–Kier alpha value is -2.55. The quantitative estimate of drug-likeness (QED) is 0.685. The van der Waals surface area contributed by atoms with E-state index in [1.54, 1.807) is 35.5 Å². The first-order valence-corrected chi connectivity index (χ1v) is 11.0. The highest BCUT2D eigenvalue weighted by Crippen LogP contribution is 2.35. The van der Waals surface area contributed by atoms with E-state index < -0.39 is 17.7 Å². The standard InChI is InChI=1S/C24H26FN3O4.ClH/c1-15-17(2-3-18-19(15)14-32-22(18)30)21(29)13-27-10-6-24(25,7-11-27)23(31)28-9-5-16-12-26-8-4-20(16)28;/h2-4,8,12,21,29H,5-7,9-11,13-14H2,1H3;1H/t21-;/m0./s1. The summed E-state index contributed by atoms with van der Waals surface area (Å²) in [6, 6.07) is 5.23. The molecule has 1 saturated heterocycles. The van der Waals surface area contributed by atoms with Crippen LogP contribution in [0.2, 0.25) is 0 Å². The molecule has 1 fully saturated rings. The first kappa shape index (κ1) is 23.6. The van der Waals surface area contributed by atoms with Crippen molar-refractivity contribution in [2.75, 3.05) is 31.1 Å². The number of amides is 1. The van der Waals surface area contributed by atoms with Gasteiger partial charge in [-0.05, 0) is 42.2 Å². The Kier molecular flexibility index (Phi) is 6.44. The highest BCUT2D eigenvalue weighted by Gasteiger charge is 2.46. The van der Waals surface area contributed by atoms with Crippen molar-refractivity contribution in [3.05, 3.63) is 58.4 Å². The number of carbonyl (C=O) groups excluding carboxylic acids is 2. The number of rotatable bonds is 4. The summed E-state index contributed by atoms with van der Waals surface area (Å²) in [7, 11) is 0. The third-order valence-corrected chi connectivity index (χ3v) is 7.05. The number of aromatic nitrogens is 1. The van der Waals surface area contributed by atoms with Crippen molar-refractivity contribution < 1.29 is 23.8 Å². The van der Waals surface area contributed by atoms with E-state index in [4.69, 9.17) is 4.74 Å². The van der Waals surface area contributed by atoms with Gasteiger partial charge in [-0.25, -0.2) is 9.18 Å². The molecule has 0 spiro atoms. The van der Waals surface area contributed by atoms with Gasteiger partial charge in [0.2, 0.25) is 0 Å². The zero-order valence-electron chi connectivity index (χ0n) is 18.4. The number of piperidine rings is 1. The normalized spacial score (nSPS) is 20.0. The second kappa shape index (κ2) is 9.00. The first-order valence-electron chi connectivity index (χ1n) is 11.0. The predicted octanol–water partition coefficient (Wildman–Crippen LogP) is 2.91. The lowest BCUT2D eigenvalue weighted by atomic mass is 9.90. The summed E-state index contributed by atoms with van der Waals surface area (Å²) in [5, 5.41) is 10.8. The van der Waals surface area contributed by atoms with Crippen LogP contribution >= 0.6 is 12.4 Å². The van der Waals surface area contributed by atoms with Crippen molar-refractivity contribution in [1.29, 1.82) is 0 Å². The molecule has 2 aromatic rings. The minimum Gasteiger partial charge on any atom is -0.457 e. The second-order valence-corrected chi connectivity index (χ2v) is 8.87. The number of aliphatic hydroxyl groups is 1. The number of cyclic esters (lactones) is 1. The zero-order chi connectivity index (χ0) is 22.5. The first-order chi connectivity index (χ1) is 15.4. The van der Waals surface area contributed by atoms with Gasteiger partial charge in [0.15, 0.2) is 5.67 Å². The van der Waals surface area contributed by atoms with Gasteiger partial charge in [0, 0.05) is 57.0 Å². The van der Waals surface area contributed by atoms with Gasteiger partial charge in [-0.2, -0.15) is 0 Å². The molecule has 5 rings (SSSR count). The molecular formula is C24H27ClFN3O4. The number of aliphatic hydroxyl groups excluding tert-OH is 1. The van der Waals surface area contributed by atoms with Crippen LogP contribution in [0.25, 0.3) is 0 Å². The van der Waals surface area contributed by atoms with Crippen molar-refractivity contribution in [1.82, 2.24) is 9.88 Å². The van der Waals surface area contributed by atoms with Gasteiger partial charge in [0.25, 0.3) is 5.91 Å². The van der Waals surface area contributed by atoms with Gasteiger partial charge in [-0.1, -0.05) is 6.07 Å². The highest BCUT2D eigenvalue weighted by molar-refractivity contribution is 6.01. The molecule has 0 bridgehead atoms. The van der Waals surface area contributed by atoms with Crippen molar-refractivity contribution in [3.63, 3.8) is 0 Å². The lowest BCUT2D eigenvalue weighted by molar-refractivity contribution is -0.133. The number of halogens is 2. The van der Waals surface area contributed by atoms with Crippen molar-refractivity contribution in [2.24, 2.45) is 0 Å². The molecule has 1 aromatic heterocycles. The molecule has 0 aliphatic carbocycles. The smallest absolute Gasteiger partial charge is 0.338 e. The number of anilines is 1. The molecule has 1 atom stereocenters. The maximum atomic E-state index is 15.7. The van der Waals surface area contributed by atoms with Crippen LogP contribution in [-0.2, 0) is 22.6 Å². The van der Waals surface area contributed by atoms with E-state index in [1.165, 1.54) is 0 Å². The van der Waals surface area contributed by atoms with Gasteiger partial charge in [0.1, 0.15) is 6.61 Å². The van der Waals surface area contributed by atoms with E-state index >= 15 is 4.39 Å². The Bertz CT molecular complexity index is 1090. The van der Waals surface area contributed by atoms with E-state index in [2.05, 4.69) is 4.98 Å². The van der Waals surface area contributed by atoms with Gasteiger partial charge < -0.3 is 19.6 Å². The minimum absolute atomic E-state index is 0. The molecule has 3 aliphatic heterocycles. The van der Waals surface area contributed by atoms with Crippen LogP contribution in [0.4, 0.5) is 10.1 Å². The van der Waals surface area contributed by atoms with Crippen molar-refractivity contribution in [2.45, 2.75) is 44.6 Å². The summed E-state index contributed by atoms with van der Waals surface area (Å²) >= 11 is 0. The molecule has 1 amide bonds. The summed E-state index contributed by atoms with van der Waals surface area (Å²) in [5.41, 5.74) is 2.81. The number of hydrogen-bond donors (Lipinski definition) is 1. The Balaban J connectivity index is 0.00000259. The van der Waals surface area contributed by atoms with Crippen molar-refractivity contribution >= 4 is 30.0 Å². The lowest BCUT2D eigenvalue weighted by Crippen LogP contribution is -2.52. The monoisotopic (exact) mass is 475 g/mol. The van der Waals surface area contributed by atoms with Crippen LogP contribution in [-0.4, -0.2) is 58.7 Å². The number of alkyl halides is 1.